The number of carboxylic acids is 1. The first-order valence-electron chi connectivity index (χ1n) is 5.73. The Morgan fingerprint density at radius 1 is 1.47 bits per heavy atom. The molecule has 1 aliphatic heterocycles. The molecule has 0 spiro atoms. The average molecular weight is 215 g/mol. The monoisotopic (exact) mass is 215 g/mol. The third-order valence-electron chi connectivity index (χ3n) is 2.84. The molecule has 1 N–H and O–H groups in total. The fraction of sp³-hybridized carbons (Fsp3) is 0.909. The van der Waals surface area contributed by atoms with Gasteiger partial charge in [-0.15, -0.1) is 0 Å². The predicted octanol–water partition coefficient (Wildman–Crippen LogP) is 1.35. The Morgan fingerprint density at radius 3 is 2.93 bits per heavy atom. The van der Waals surface area contributed by atoms with Crippen molar-refractivity contribution in [3.05, 3.63) is 0 Å². The lowest BCUT2D eigenvalue weighted by molar-refractivity contribution is -0.137. The zero-order valence-electron chi connectivity index (χ0n) is 9.45. The van der Waals surface area contributed by atoms with Crippen molar-refractivity contribution in [3.8, 4) is 0 Å². The largest absolute Gasteiger partial charge is 0.481 e. The number of carbonyl (C=O) groups is 1. The van der Waals surface area contributed by atoms with Crippen molar-refractivity contribution in [3.63, 3.8) is 0 Å². The Balaban J connectivity index is 2.01. The summed E-state index contributed by atoms with van der Waals surface area (Å²) in [5.74, 6) is -0.685. The second-order valence-corrected chi connectivity index (χ2v) is 4.16. The van der Waals surface area contributed by atoms with Crippen LogP contribution in [0, 0.1) is 0 Å². The van der Waals surface area contributed by atoms with Crippen LogP contribution in [-0.4, -0.2) is 48.3 Å². The van der Waals surface area contributed by atoms with Crippen LogP contribution < -0.4 is 0 Å². The number of nitrogens with zero attached hydrogens (tertiary/aromatic N) is 1. The Hall–Kier alpha value is -0.610. The van der Waals surface area contributed by atoms with Crippen molar-refractivity contribution in [1.82, 2.24) is 4.90 Å². The number of ether oxygens (including phenoxy) is 1. The first kappa shape index (κ1) is 12.5. The van der Waals surface area contributed by atoms with E-state index in [4.69, 9.17) is 9.84 Å². The molecule has 0 aliphatic carbocycles. The molecular formula is C11H21NO3. The summed E-state index contributed by atoms with van der Waals surface area (Å²) in [4.78, 5) is 12.7. The number of hydrogen-bond donors (Lipinski definition) is 1. The van der Waals surface area contributed by atoms with Crippen molar-refractivity contribution in [2.75, 3.05) is 26.3 Å². The molecule has 1 heterocycles. The van der Waals surface area contributed by atoms with Gasteiger partial charge in [-0.05, 0) is 26.3 Å². The molecule has 0 aromatic carbocycles. The number of hydrogen-bond acceptors (Lipinski definition) is 3. The fourth-order valence-corrected chi connectivity index (χ4v) is 1.86. The number of rotatable bonds is 6. The highest BCUT2D eigenvalue weighted by Crippen LogP contribution is 2.08. The SMILES string of the molecule is CC1COCCN1CCCCCC(=O)O. The highest BCUT2D eigenvalue weighted by molar-refractivity contribution is 5.66. The zero-order valence-corrected chi connectivity index (χ0v) is 9.45. The molecule has 1 atom stereocenters. The van der Waals surface area contributed by atoms with E-state index in [1.165, 1.54) is 0 Å². The summed E-state index contributed by atoms with van der Waals surface area (Å²) in [6.07, 6.45) is 3.21. The molecule has 15 heavy (non-hydrogen) atoms. The topological polar surface area (TPSA) is 49.8 Å². The highest BCUT2D eigenvalue weighted by atomic mass is 16.5. The van der Waals surface area contributed by atoms with Crippen molar-refractivity contribution in [2.24, 2.45) is 0 Å². The quantitative estimate of drug-likeness (QED) is 0.679. The lowest BCUT2D eigenvalue weighted by Crippen LogP contribution is -2.43. The van der Waals surface area contributed by atoms with Gasteiger partial charge in [-0.3, -0.25) is 9.69 Å². The van der Waals surface area contributed by atoms with E-state index >= 15 is 0 Å². The van der Waals surface area contributed by atoms with Gasteiger partial charge in [0.2, 0.25) is 0 Å². The van der Waals surface area contributed by atoms with Crippen LogP contribution in [0.25, 0.3) is 0 Å². The molecule has 4 heteroatoms. The minimum atomic E-state index is -0.685. The van der Waals surface area contributed by atoms with Gasteiger partial charge >= 0.3 is 5.97 Å². The van der Waals surface area contributed by atoms with Crippen LogP contribution in [0.5, 0.6) is 0 Å². The summed E-state index contributed by atoms with van der Waals surface area (Å²) in [6, 6.07) is 0.512. The second kappa shape index (κ2) is 6.80. The van der Waals surface area contributed by atoms with Crippen LogP contribution in [-0.2, 0) is 9.53 Å². The van der Waals surface area contributed by atoms with Crippen LogP contribution in [0.2, 0.25) is 0 Å². The molecule has 0 radical (unpaired) electrons. The maximum Gasteiger partial charge on any atom is 0.303 e. The summed E-state index contributed by atoms with van der Waals surface area (Å²) in [7, 11) is 0. The van der Waals surface area contributed by atoms with E-state index in [1.807, 2.05) is 0 Å². The van der Waals surface area contributed by atoms with Gasteiger partial charge in [0.1, 0.15) is 0 Å². The summed E-state index contributed by atoms with van der Waals surface area (Å²) < 4.78 is 5.35. The maximum atomic E-state index is 10.3. The van der Waals surface area contributed by atoms with E-state index in [9.17, 15) is 4.79 Å². The second-order valence-electron chi connectivity index (χ2n) is 4.16. The van der Waals surface area contributed by atoms with Gasteiger partial charge in [0.25, 0.3) is 0 Å². The Labute approximate surface area is 91.2 Å². The molecule has 1 aliphatic rings. The lowest BCUT2D eigenvalue weighted by atomic mass is 10.1. The number of unbranched alkanes of at least 4 members (excludes halogenated alkanes) is 2. The van der Waals surface area contributed by atoms with Crippen LogP contribution in [0.4, 0.5) is 0 Å². The van der Waals surface area contributed by atoms with Gasteiger partial charge in [-0.2, -0.15) is 0 Å². The third-order valence-corrected chi connectivity index (χ3v) is 2.84. The van der Waals surface area contributed by atoms with Crippen LogP contribution in [0.3, 0.4) is 0 Å². The van der Waals surface area contributed by atoms with Gasteiger partial charge in [-0.1, -0.05) is 6.42 Å². The van der Waals surface area contributed by atoms with Crippen molar-refractivity contribution >= 4 is 5.97 Å². The molecular weight excluding hydrogens is 194 g/mol. The molecule has 0 aromatic heterocycles. The van der Waals surface area contributed by atoms with E-state index in [1.54, 1.807) is 0 Å². The van der Waals surface area contributed by atoms with E-state index in [0.717, 1.165) is 45.6 Å². The molecule has 1 fully saturated rings. The lowest BCUT2D eigenvalue weighted by Gasteiger charge is -2.33. The standard InChI is InChI=1S/C11H21NO3/c1-10-9-15-8-7-12(10)6-4-2-3-5-11(13)14/h10H,2-9H2,1H3,(H,13,14). The maximum absolute atomic E-state index is 10.3. The Kier molecular flexibility index (Phi) is 5.65. The molecule has 1 rings (SSSR count). The fourth-order valence-electron chi connectivity index (χ4n) is 1.86. The number of aliphatic carboxylic acids is 1. The van der Waals surface area contributed by atoms with Crippen LogP contribution >= 0.6 is 0 Å². The molecule has 0 bridgehead atoms. The zero-order chi connectivity index (χ0) is 11.1. The van der Waals surface area contributed by atoms with Crippen LogP contribution in [0.15, 0.2) is 0 Å². The highest BCUT2D eigenvalue weighted by Gasteiger charge is 2.17. The number of morpholine rings is 1. The molecule has 88 valence electrons. The molecule has 1 saturated heterocycles. The predicted molar refractivity (Wildman–Crippen MR) is 58.0 cm³/mol. The molecule has 1 unspecified atom stereocenters. The van der Waals surface area contributed by atoms with E-state index in [2.05, 4.69) is 11.8 Å². The summed E-state index contributed by atoms with van der Waals surface area (Å²) in [5.41, 5.74) is 0. The van der Waals surface area contributed by atoms with Crippen molar-refractivity contribution < 1.29 is 14.6 Å². The van der Waals surface area contributed by atoms with E-state index < -0.39 is 5.97 Å². The average Bonchev–Trinajstić information content (AvgIpc) is 2.20. The van der Waals surface area contributed by atoms with Gasteiger partial charge in [0, 0.05) is 19.0 Å². The van der Waals surface area contributed by atoms with Gasteiger partial charge in [-0.25, -0.2) is 0 Å². The Bertz CT molecular complexity index is 196. The first-order chi connectivity index (χ1) is 7.20. The molecule has 0 saturated carbocycles. The summed E-state index contributed by atoms with van der Waals surface area (Å²) in [6.45, 7) is 5.93. The minimum Gasteiger partial charge on any atom is -0.481 e. The first-order valence-corrected chi connectivity index (χ1v) is 5.73. The van der Waals surface area contributed by atoms with E-state index in [-0.39, 0.29) is 0 Å². The molecule has 4 nitrogen and oxygen atoms in total. The van der Waals surface area contributed by atoms with Gasteiger partial charge < -0.3 is 9.84 Å². The van der Waals surface area contributed by atoms with E-state index in [0.29, 0.717) is 12.5 Å². The van der Waals surface area contributed by atoms with Crippen molar-refractivity contribution in [1.29, 1.82) is 0 Å². The van der Waals surface area contributed by atoms with Gasteiger partial charge in [0.15, 0.2) is 0 Å². The smallest absolute Gasteiger partial charge is 0.303 e. The summed E-state index contributed by atoms with van der Waals surface area (Å²) in [5, 5.41) is 8.48. The number of carboxylic acid groups (broad SMARTS) is 1. The minimum absolute atomic E-state index is 0.304. The third kappa shape index (κ3) is 5.14. The molecule has 0 amide bonds. The normalized spacial score (nSPS) is 22.9. The Morgan fingerprint density at radius 2 is 2.27 bits per heavy atom. The van der Waals surface area contributed by atoms with Gasteiger partial charge in [0.05, 0.1) is 13.2 Å². The van der Waals surface area contributed by atoms with Crippen LogP contribution in [0.1, 0.15) is 32.6 Å². The molecule has 0 aromatic rings. The van der Waals surface area contributed by atoms with Crippen molar-refractivity contribution in [2.45, 2.75) is 38.6 Å². The summed E-state index contributed by atoms with van der Waals surface area (Å²) >= 11 is 0.